The number of anilines is 1. The lowest BCUT2D eigenvalue weighted by molar-refractivity contribution is -0.139. The van der Waals surface area contributed by atoms with Crippen LogP contribution in [0.5, 0.6) is 0 Å². The Bertz CT molecular complexity index is 907. The number of aromatic nitrogens is 2. The van der Waals surface area contributed by atoms with Crippen LogP contribution >= 0.6 is 0 Å². The molecule has 0 saturated carbocycles. The lowest BCUT2D eigenvalue weighted by atomic mass is 10.1. The molecule has 1 atom stereocenters. The van der Waals surface area contributed by atoms with Crippen LogP contribution in [-0.2, 0) is 16.1 Å². The predicted octanol–water partition coefficient (Wildman–Crippen LogP) is 1.13. The zero-order chi connectivity index (χ0) is 21.8. The molecule has 2 amide bonds. The summed E-state index contributed by atoms with van der Waals surface area (Å²) in [5, 5.41) is 2.91. The summed E-state index contributed by atoms with van der Waals surface area (Å²) >= 11 is 0. The number of hydrogen-bond acceptors (Lipinski definition) is 6. The Morgan fingerprint density at radius 1 is 1.13 bits per heavy atom. The molecule has 8 heteroatoms. The highest BCUT2D eigenvalue weighted by atomic mass is 16.2. The topological polar surface area (TPSA) is 81.7 Å². The molecule has 2 saturated heterocycles. The molecule has 0 radical (unpaired) electrons. The zero-order valence-electron chi connectivity index (χ0n) is 18.3. The van der Waals surface area contributed by atoms with Crippen molar-refractivity contribution in [3.05, 3.63) is 53.6 Å². The van der Waals surface area contributed by atoms with Crippen molar-refractivity contribution in [2.75, 3.05) is 44.2 Å². The van der Waals surface area contributed by atoms with Crippen molar-refractivity contribution in [3.8, 4) is 0 Å². The number of amides is 2. The second-order valence-corrected chi connectivity index (χ2v) is 8.32. The first kappa shape index (κ1) is 21.2. The molecule has 8 nitrogen and oxygen atoms in total. The van der Waals surface area contributed by atoms with Crippen molar-refractivity contribution >= 4 is 17.5 Å². The quantitative estimate of drug-likeness (QED) is 0.778. The van der Waals surface area contributed by atoms with E-state index in [1.807, 2.05) is 37.1 Å². The fraction of sp³-hybridized carbons (Fsp3) is 0.478. The number of aryl methyl sites for hydroxylation is 2. The second-order valence-electron chi connectivity index (χ2n) is 8.32. The molecule has 4 heterocycles. The molecule has 164 valence electrons. The van der Waals surface area contributed by atoms with Gasteiger partial charge in [-0.3, -0.25) is 24.5 Å². The lowest BCUT2D eigenvalue weighted by Gasteiger charge is -2.39. The minimum absolute atomic E-state index is 0.0416. The highest BCUT2D eigenvalue weighted by molar-refractivity contribution is 5.89. The molecule has 0 bridgehead atoms. The van der Waals surface area contributed by atoms with Gasteiger partial charge in [0.1, 0.15) is 0 Å². The molecule has 2 aromatic heterocycles. The van der Waals surface area contributed by atoms with Gasteiger partial charge in [0.05, 0.1) is 12.5 Å². The van der Waals surface area contributed by atoms with Gasteiger partial charge in [-0.05, 0) is 37.6 Å². The SMILES string of the molecule is Cc1cc(N2CCN(C(=O)CC3C(=O)NCCN3Cc3cccnc3)CC2)cc(C)n1. The first-order valence-corrected chi connectivity index (χ1v) is 10.9. The Balaban J connectivity index is 1.36. The smallest absolute Gasteiger partial charge is 0.237 e. The first-order valence-electron chi connectivity index (χ1n) is 10.9. The maximum Gasteiger partial charge on any atom is 0.237 e. The minimum Gasteiger partial charge on any atom is -0.368 e. The number of hydrogen-bond donors (Lipinski definition) is 1. The summed E-state index contributed by atoms with van der Waals surface area (Å²) in [6.45, 7) is 8.85. The van der Waals surface area contributed by atoms with E-state index in [1.54, 1.807) is 6.20 Å². The third kappa shape index (κ3) is 5.19. The van der Waals surface area contributed by atoms with Crippen molar-refractivity contribution in [1.29, 1.82) is 0 Å². The van der Waals surface area contributed by atoms with Gasteiger partial charge in [-0.25, -0.2) is 0 Å². The van der Waals surface area contributed by atoms with Gasteiger partial charge >= 0.3 is 0 Å². The van der Waals surface area contributed by atoms with E-state index in [-0.39, 0.29) is 18.2 Å². The standard InChI is InChI=1S/C23H30N6O2/c1-17-12-20(13-18(2)26-17)27-8-10-28(11-9-27)22(30)14-21-23(31)25-6-7-29(21)16-19-4-3-5-24-15-19/h3-5,12-13,15,21H,6-11,14,16H2,1-2H3,(H,25,31). The molecule has 2 aromatic rings. The van der Waals surface area contributed by atoms with Gasteiger partial charge in [0.15, 0.2) is 0 Å². The fourth-order valence-corrected chi connectivity index (χ4v) is 4.40. The highest BCUT2D eigenvalue weighted by Crippen LogP contribution is 2.20. The summed E-state index contributed by atoms with van der Waals surface area (Å²) in [5.74, 6) is -0.0233. The Morgan fingerprint density at radius 2 is 1.87 bits per heavy atom. The Labute approximate surface area is 183 Å². The summed E-state index contributed by atoms with van der Waals surface area (Å²) < 4.78 is 0. The Kier molecular flexibility index (Phi) is 6.46. The lowest BCUT2D eigenvalue weighted by Crippen LogP contribution is -2.57. The number of piperazine rings is 2. The van der Waals surface area contributed by atoms with Gasteiger partial charge < -0.3 is 15.1 Å². The molecule has 2 fully saturated rings. The number of pyridine rings is 2. The van der Waals surface area contributed by atoms with E-state index in [0.717, 1.165) is 42.3 Å². The molecule has 0 spiro atoms. The van der Waals surface area contributed by atoms with E-state index in [0.29, 0.717) is 26.2 Å². The zero-order valence-corrected chi connectivity index (χ0v) is 18.3. The van der Waals surface area contributed by atoms with Crippen molar-refractivity contribution < 1.29 is 9.59 Å². The normalized spacial score (nSPS) is 19.9. The number of nitrogens with zero attached hydrogens (tertiary/aromatic N) is 5. The highest BCUT2D eigenvalue weighted by Gasteiger charge is 2.33. The van der Waals surface area contributed by atoms with Crippen molar-refractivity contribution in [3.63, 3.8) is 0 Å². The third-order valence-electron chi connectivity index (χ3n) is 5.98. The molecule has 0 aromatic carbocycles. The molecule has 0 aliphatic carbocycles. The van der Waals surface area contributed by atoms with Crippen LogP contribution in [0, 0.1) is 13.8 Å². The predicted molar refractivity (Wildman–Crippen MR) is 119 cm³/mol. The van der Waals surface area contributed by atoms with Crippen LogP contribution < -0.4 is 10.2 Å². The van der Waals surface area contributed by atoms with Gasteiger partial charge in [-0.15, -0.1) is 0 Å². The van der Waals surface area contributed by atoms with Crippen molar-refractivity contribution in [2.45, 2.75) is 32.9 Å². The van der Waals surface area contributed by atoms with Crippen molar-refractivity contribution in [1.82, 2.24) is 25.1 Å². The van der Waals surface area contributed by atoms with Crippen LogP contribution in [-0.4, -0.2) is 76.9 Å². The molecule has 1 N–H and O–H groups in total. The van der Waals surface area contributed by atoms with E-state index in [4.69, 9.17) is 0 Å². The summed E-state index contributed by atoms with van der Waals surface area (Å²) in [6, 6.07) is 7.63. The van der Waals surface area contributed by atoms with Gasteiger partial charge in [-0.2, -0.15) is 0 Å². The van der Waals surface area contributed by atoms with E-state index in [1.165, 1.54) is 0 Å². The average Bonchev–Trinajstić information content (AvgIpc) is 2.76. The van der Waals surface area contributed by atoms with Crippen LogP contribution in [0.1, 0.15) is 23.4 Å². The van der Waals surface area contributed by atoms with Crippen LogP contribution in [0.15, 0.2) is 36.7 Å². The first-order chi connectivity index (χ1) is 15.0. The van der Waals surface area contributed by atoms with Gasteiger partial charge in [0, 0.05) is 75.3 Å². The van der Waals surface area contributed by atoms with Crippen molar-refractivity contribution in [2.24, 2.45) is 0 Å². The number of carbonyl (C=O) groups is 2. The van der Waals surface area contributed by atoms with E-state index in [9.17, 15) is 9.59 Å². The fourth-order valence-electron chi connectivity index (χ4n) is 4.40. The largest absolute Gasteiger partial charge is 0.368 e. The summed E-state index contributed by atoms with van der Waals surface area (Å²) in [7, 11) is 0. The van der Waals surface area contributed by atoms with E-state index >= 15 is 0 Å². The molecule has 1 unspecified atom stereocenters. The van der Waals surface area contributed by atoms with Gasteiger partial charge in [-0.1, -0.05) is 6.07 Å². The van der Waals surface area contributed by atoms with Crippen LogP contribution in [0.25, 0.3) is 0 Å². The van der Waals surface area contributed by atoms with Gasteiger partial charge in [0.25, 0.3) is 0 Å². The monoisotopic (exact) mass is 422 g/mol. The molecule has 2 aliphatic rings. The summed E-state index contributed by atoms with van der Waals surface area (Å²) in [5.41, 5.74) is 4.22. The average molecular weight is 423 g/mol. The number of rotatable bonds is 5. The third-order valence-corrected chi connectivity index (χ3v) is 5.98. The Morgan fingerprint density at radius 3 is 2.55 bits per heavy atom. The second kappa shape index (κ2) is 9.43. The van der Waals surface area contributed by atoms with Crippen LogP contribution in [0.3, 0.4) is 0 Å². The van der Waals surface area contributed by atoms with E-state index < -0.39 is 6.04 Å². The maximum absolute atomic E-state index is 13.0. The molecule has 2 aliphatic heterocycles. The number of carbonyl (C=O) groups excluding carboxylic acids is 2. The van der Waals surface area contributed by atoms with Crippen LogP contribution in [0.2, 0.25) is 0 Å². The molecular weight excluding hydrogens is 392 g/mol. The maximum atomic E-state index is 13.0. The van der Waals surface area contributed by atoms with E-state index in [2.05, 4.69) is 37.2 Å². The molecule has 4 rings (SSSR count). The molecular formula is C23H30N6O2. The van der Waals surface area contributed by atoms with Gasteiger partial charge in [0.2, 0.25) is 11.8 Å². The number of nitrogens with one attached hydrogen (secondary N) is 1. The summed E-state index contributed by atoms with van der Waals surface area (Å²) in [4.78, 5) is 40.5. The van der Waals surface area contributed by atoms with Crippen LogP contribution in [0.4, 0.5) is 5.69 Å². The summed E-state index contributed by atoms with van der Waals surface area (Å²) in [6.07, 6.45) is 3.76. The Hall–Kier alpha value is -3.00. The molecule has 31 heavy (non-hydrogen) atoms. The minimum atomic E-state index is -0.440.